The van der Waals surface area contributed by atoms with Gasteiger partial charge >= 0.3 is 13.7 Å². The molecule has 6 atom stereocenters. The number of carbonyl (C=O) groups is 3. The van der Waals surface area contributed by atoms with Crippen molar-refractivity contribution in [1.82, 2.24) is 20.5 Å². The fourth-order valence-corrected chi connectivity index (χ4v) is 9.30. The number of ether oxygens (including phenoxy) is 3. The van der Waals surface area contributed by atoms with Crippen LogP contribution in [0.1, 0.15) is 66.2 Å². The zero-order valence-corrected chi connectivity index (χ0v) is 32.5. The number of hydrogen-bond acceptors (Lipinski definition) is 9. The Kier molecular flexibility index (Phi) is 11.4. The number of nitrogens with zero attached hydrogens (tertiary/aromatic N) is 2. The molecule has 1 aliphatic heterocycles. The third-order valence-corrected chi connectivity index (χ3v) is 12.8. The minimum absolute atomic E-state index is 0.0103. The molecular formula is C40H51N4O9P. The highest BCUT2D eigenvalue weighted by Crippen LogP contribution is 2.70. The van der Waals surface area contributed by atoms with Gasteiger partial charge in [0.1, 0.15) is 41.1 Å². The van der Waals surface area contributed by atoms with Crippen LogP contribution < -0.4 is 20.1 Å². The summed E-state index contributed by atoms with van der Waals surface area (Å²) in [6, 6.07) is 14.8. The van der Waals surface area contributed by atoms with Gasteiger partial charge in [0.15, 0.2) is 0 Å². The number of carbonyl (C=O) groups excluding carboxylic acids is 3. The van der Waals surface area contributed by atoms with Crippen LogP contribution >= 0.6 is 7.60 Å². The molecule has 290 valence electrons. The van der Waals surface area contributed by atoms with Crippen molar-refractivity contribution in [3.63, 3.8) is 0 Å². The highest BCUT2D eigenvalue weighted by molar-refractivity contribution is 7.55. The van der Waals surface area contributed by atoms with Crippen LogP contribution in [0.2, 0.25) is 0 Å². The maximum Gasteiger partial charge on any atom is 0.408 e. The molecule has 2 heterocycles. The monoisotopic (exact) mass is 762 g/mol. The number of aromatic nitrogens is 1. The van der Waals surface area contributed by atoms with E-state index in [1.807, 2.05) is 69.3 Å². The fraction of sp³-hybridized carbons (Fsp3) is 0.500. The molecule has 0 radical (unpaired) electrons. The number of amides is 3. The molecule has 3 fully saturated rings. The molecule has 1 aromatic heterocycles. The van der Waals surface area contributed by atoms with Crippen LogP contribution in [0.5, 0.6) is 11.5 Å². The summed E-state index contributed by atoms with van der Waals surface area (Å²) in [4.78, 5) is 59.4. The SMILES string of the molecule is C=C[C@@H]1C[C@]1(NC(=O)C1C[C@@H](Oc2cc(-c3ccccc3)nc3cc(OC)ccc23)CN1C(=O)C(NC(=O)OC1CCCC1)C(C)(C)C)P(=O)(O)OCC. The minimum atomic E-state index is -4.34. The number of likely N-dealkylation sites (tertiary alicyclic amines) is 1. The smallest absolute Gasteiger partial charge is 0.408 e. The molecule has 14 heteroatoms. The number of methoxy groups -OCH3 is 1. The lowest BCUT2D eigenvalue weighted by Crippen LogP contribution is -2.58. The quantitative estimate of drug-likeness (QED) is 0.128. The van der Waals surface area contributed by atoms with E-state index in [-0.39, 0.29) is 32.1 Å². The van der Waals surface area contributed by atoms with Crippen molar-refractivity contribution in [2.45, 2.75) is 95.8 Å². The lowest BCUT2D eigenvalue weighted by molar-refractivity contribution is -0.142. The van der Waals surface area contributed by atoms with Gasteiger partial charge in [-0.2, -0.15) is 0 Å². The first kappa shape index (κ1) is 39.2. The molecule has 6 rings (SSSR count). The second-order valence-electron chi connectivity index (χ2n) is 15.4. The minimum Gasteiger partial charge on any atom is -0.497 e. The topological polar surface area (TPSA) is 166 Å². The first-order valence-corrected chi connectivity index (χ1v) is 20.2. The number of hydrogen-bond donors (Lipinski definition) is 3. The van der Waals surface area contributed by atoms with E-state index in [0.29, 0.717) is 28.1 Å². The maximum absolute atomic E-state index is 14.7. The summed E-state index contributed by atoms with van der Waals surface area (Å²) in [6.07, 6.45) is 3.60. The second kappa shape index (κ2) is 15.7. The Hall–Kier alpha value is -4.45. The van der Waals surface area contributed by atoms with Crippen molar-refractivity contribution in [3.8, 4) is 22.8 Å². The molecule has 3 N–H and O–H groups in total. The van der Waals surface area contributed by atoms with Crippen LogP contribution in [-0.2, 0) is 23.4 Å². The van der Waals surface area contributed by atoms with E-state index in [4.69, 9.17) is 23.7 Å². The number of rotatable bonds is 13. The fourth-order valence-electron chi connectivity index (χ4n) is 7.52. The largest absolute Gasteiger partial charge is 0.497 e. The first-order valence-electron chi connectivity index (χ1n) is 18.6. The second-order valence-corrected chi connectivity index (χ2v) is 17.5. The van der Waals surface area contributed by atoms with Crippen molar-refractivity contribution in [2.75, 3.05) is 20.3 Å². The molecular weight excluding hydrogens is 711 g/mol. The molecule has 54 heavy (non-hydrogen) atoms. The summed E-state index contributed by atoms with van der Waals surface area (Å²) in [5, 5.41) is 4.74. The lowest BCUT2D eigenvalue weighted by Gasteiger charge is -2.35. The van der Waals surface area contributed by atoms with Crippen LogP contribution in [0.3, 0.4) is 0 Å². The Morgan fingerprint density at radius 1 is 1.11 bits per heavy atom. The molecule has 2 saturated carbocycles. The molecule has 2 aliphatic carbocycles. The Balaban J connectivity index is 1.34. The molecule has 13 nitrogen and oxygen atoms in total. The predicted molar refractivity (Wildman–Crippen MR) is 204 cm³/mol. The van der Waals surface area contributed by atoms with Gasteiger partial charge in [0, 0.05) is 35.4 Å². The standard InChI is InChI=1S/C40H51N4O9P/c1-7-26-23-40(26,54(48,49)51-8-2)43-36(45)33-21-29(24-44(33)37(46)35(39(3,4)5)42-38(47)53-27-16-12-13-17-27)52-34-22-31(25-14-10-9-11-15-25)41-32-20-28(50-6)18-19-30(32)34/h7,9-11,14-15,18-20,22,26-27,29,33,35H,1,8,12-13,16-17,21,23-24H2,2-6H3,(H,42,47)(H,43,45)(H,48,49)/t26-,29-,33?,35?,40+/m1/s1. The van der Waals surface area contributed by atoms with Gasteiger partial charge in [0.05, 0.1) is 31.5 Å². The summed E-state index contributed by atoms with van der Waals surface area (Å²) in [5.74, 6) is -0.538. The molecule has 0 bridgehead atoms. The van der Waals surface area contributed by atoms with Crippen LogP contribution in [0.25, 0.3) is 22.2 Å². The van der Waals surface area contributed by atoms with Gasteiger partial charge in [-0.15, -0.1) is 6.58 Å². The maximum atomic E-state index is 14.7. The van der Waals surface area contributed by atoms with Gasteiger partial charge in [-0.05, 0) is 56.6 Å². The van der Waals surface area contributed by atoms with Crippen molar-refractivity contribution >= 4 is 36.4 Å². The predicted octanol–water partition coefficient (Wildman–Crippen LogP) is 6.58. The third-order valence-electron chi connectivity index (χ3n) is 10.6. The van der Waals surface area contributed by atoms with E-state index >= 15 is 0 Å². The Bertz CT molecular complexity index is 1930. The van der Waals surface area contributed by atoms with E-state index in [1.165, 1.54) is 11.0 Å². The summed E-state index contributed by atoms with van der Waals surface area (Å²) in [5.41, 5.74) is 1.37. The van der Waals surface area contributed by atoms with Gasteiger partial charge in [-0.1, -0.05) is 57.2 Å². The number of alkyl carbamates (subject to hydrolysis) is 1. The summed E-state index contributed by atoms with van der Waals surface area (Å²) < 4.78 is 36.6. The van der Waals surface area contributed by atoms with Crippen LogP contribution in [-0.4, -0.2) is 82.5 Å². The van der Waals surface area contributed by atoms with Crippen molar-refractivity contribution in [2.24, 2.45) is 11.3 Å². The number of fused-ring (bicyclic) bond motifs is 1. The van der Waals surface area contributed by atoms with Gasteiger partial charge in [0.2, 0.25) is 11.8 Å². The third kappa shape index (κ3) is 8.13. The Morgan fingerprint density at radius 2 is 1.83 bits per heavy atom. The number of pyridine rings is 1. The van der Waals surface area contributed by atoms with Crippen LogP contribution in [0, 0.1) is 11.3 Å². The Labute approximate surface area is 316 Å². The highest BCUT2D eigenvalue weighted by Gasteiger charge is 2.67. The van der Waals surface area contributed by atoms with Crippen molar-refractivity contribution in [3.05, 3.63) is 67.3 Å². The normalized spacial score (nSPS) is 24.3. The first-order chi connectivity index (χ1) is 25.7. The molecule has 3 unspecified atom stereocenters. The molecule has 3 amide bonds. The molecule has 3 aromatic rings. The van der Waals surface area contributed by atoms with E-state index < -0.39 is 60.3 Å². The van der Waals surface area contributed by atoms with E-state index in [9.17, 15) is 23.8 Å². The molecule has 3 aliphatic rings. The summed E-state index contributed by atoms with van der Waals surface area (Å²) in [6.45, 7) is 10.8. The zero-order valence-electron chi connectivity index (χ0n) is 31.6. The summed E-state index contributed by atoms with van der Waals surface area (Å²) in [7, 11) is -2.76. The van der Waals surface area contributed by atoms with Gasteiger partial charge in [0.25, 0.3) is 0 Å². The molecule has 2 aromatic carbocycles. The number of nitrogens with one attached hydrogen (secondary N) is 2. The van der Waals surface area contributed by atoms with E-state index in [1.54, 1.807) is 20.1 Å². The van der Waals surface area contributed by atoms with Gasteiger partial charge in [-0.3, -0.25) is 14.2 Å². The highest BCUT2D eigenvalue weighted by atomic mass is 31.2. The molecule has 1 saturated heterocycles. The van der Waals surface area contributed by atoms with E-state index in [0.717, 1.165) is 31.2 Å². The van der Waals surface area contributed by atoms with Crippen LogP contribution in [0.4, 0.5) is 4.79 Å². The van der Waals surface area contributed by atoms with Gasteiger partial charge < -0.3 is 39.2 Å². The van der Waals surface area contributed by atoms with E-state index in [2.05, 4.69) is 17.2 Å². The lowest BCUT2D eigenvalue weighted by atomic mass is 9.85. The van der Waals surface area contributed by atoms with Crippen molar-refractivity contribution in [1.29, 1.82) is 0 Å². The molecule has 0 spiro atoms. The Morgan fingerprint density at radius 3 is 2.46 bits per heavy atom. The van der Waals surface area contributed by atoms with Crippen LogP contribution in [0.15, 0.2) is 67.3 Å². The average Bonchev–Trinajstić information content (AvgIpc) is 3.41. The van der Waals surface area contributed by atoms with Crippen molar-refractivity contribution < 1.29 is 42.6 Å². The number of benzene rings is 2. The van der Waals surface area contributed by atoms with Gasteiger partial charge in [-0.25, -0.2) is 9.78 Å². The zero-order chi connectivity index (χ0) is 38.8. The average molecular weight is 763 g/mol. The summed E-state index contributed by atoms with van der Waals surface area (Å²) >= 11 is 0.